The van der Waals surface area contributed by atoms with Gasteiger partial charge in [0.1, 0.15) is 0 Å². The topological polar surface area (TPSA) is 62.5 Å². The molecule has 7 heteroatoms. The first kappa shape index (κ1) is 18.9. The van der Waals surface area contributed by atoms with Gasteiger partial charge in [-0.25, -0.2) is 0 Å². The van der Waals surface area contributed by atoms with Crippen molar-refractivity contribution in [1.82, 2.24) is 19.9 Å². The van der Waals surface area contributed by atoms with Crippen LogP contribution in [0.1, 0.15) is 32.6 Å². The lowest BCUT2D eigenvalue weighted by Crippen LogP contribution is -2.44. The van der Waals surface area contributed by atoms with Crippen LogP contribution in [0, 0.1) is 5.92 Å². The van der Waals surface area contributed by atoms with E-state index in [0.29, 0.717) is 23.3 Å². The Morgan fingerprint density at radius 2 is 2.04 bits per heavy atom. The van der Waals surface area contributed by atoms with E-state index in [2.05, 4.69) is 15.0 Å². The summed E-state index contributed by atoms with van der Waals surface area (Å²) >= 11 is 5.91. The fourth-order valence-corrected chi connectivity index (χ4v) is 3.55. The molecule has 0 N–H and O–H groups in total. The fraction of sp³-hybridized carbons (Fsp3) is 0.526. The van der Waals surface area contributed by atoms with Gasteiger partial charge in [0.15, 0.2) is 0 Å². The number of amides is 1. The molecule has 1 fully saturated rings. The Hall–Kier alpha value is -1.92. The molecule has 1 aromatic heterocycles. The third kappa shape index (κ3) is 4.43. The van der Waals surface area contributed by atoms with E-state index in [1.54, 1.807) is 12.1 Å². The van der Waals surface area contributed by atoms with Crippen LogP contribution in [-0.2, 0) is 11.3 Å². The lowest BCUT2D eigenvalue weighted by molar-refractivity contribution is -0.137. The normalized spacial score (nSPS) is 18.0. The molecule has 6 nitrogen and oxygen atoms in total. The van der Waals surface area contributed by atoms with Crippen molar-refractivity contribution < 1.29 is 9.32 Å². The van der Waals surface area contributed by atoms with Crippen molar-refractivity contribution in [2.45, 2.75) is 33.2 Å². The molecule has 1 aliphatic rings. The van der Waals surface area contributed by atoms with Crippen molar-refractivity contribution in [2.75, 3.05) is 26.2 Å². The highest BCUT2D eigenvalue weighted by molar-refractivity contribution is 6.30. The molecule has 3 rings (SSSR count). The number of halogens is 1. The van der Waals surface area contributed by atoms with Crippen LogP contribution < -0.4 is 0 Å². The van der Waals surface area contributed by atoms with Crippen LogP contribution in [0.25, 0.3) is 11.4 Å². The van der Waals surface area contributed by atoms with Crippen LogP contribution in [0.15, 0.2) is 28.8 Å². The highest BCUT2D eigenvalue weighted by Gasteiger charge is 2.29. The molecular formula is C19H25ClN4O2. The number of carbonyl (C=O) groups excluding carboxylic acids is 1. The van der Waals surface area contributed by atoms with E-state index in [0.717, 1.165) is 44.6 Å². The number of nitrogens with zero attached hydrogens (tertiary/aromatic N) is 4. The molecule has 2 heterocycles. The first-order valence-corrected chi connectivity index (χ1v) is 9.58. The second-order valence-corrected chi connectivity index (χ2v) is 7.04. The minimum atomic E-state index is 0.0577. The molecule has 0 saturated carbocycles. The molecule has 1 aromatic carbocycles. The lowest BCUT2D eigenvalue weighted by Gasteiger charge is -2.33. The van der Waals surface area contributed by atoms with E-state index in [1.165, 1.54) is 0 Å². The maximum Gasteiger partial charge on any atom is 0.241 e. The zero-order valence-corrected chi connectivity index (χ0v) is 16.1. The molecule has 140 valence electrons. The molecule has 1 unspecified atom stereocenters. The summed E-state index contributed by atoms with van der Waals surface area (Å²) in [5.74, 6) is 1.45. The molecule has 0 spiro atoms. The first-order chi connectivity index (χ1) is 12.6. The maximum atomic E-state index is 12.6. The summed E-state index contributed by atoms with van der Waals surface area (Å²) in [6, 6.07) is 7.36. The largest absolute Gasteiger partial charge is 0.343 e. The van der Waals surface area contributed by atoms with Gasteiger partial charge in [-0.15, -0.1) is 0 Å². The number of rotatable bonds is 6. The standard InChI is InChI=1S/C19H25ClN4O2/c1-3-24(4-2)19(25)15-6-5-11-23(12-15)13-17-21-18(22-26-17)14-7-9-16(20)10-8-14/h7-10,15H,3-6,11-13H2,1-2H3. The third-order valence-corrected chi connectivity index (χ3v) is 5.11. The van der Waals surface area contributed by atoms with Crippen LogP contribution in [0.4, 0.5) is 0 Å². The lowest BCUT2D eigenvalue weighted by atomic mass is 9.96. The molecule has 0 radical (unpaired) electrons. The van der Waals surface area contributed by atoms with Crippen molar-refractivity contribution in [1.29, 1.82) is 0 Å². The Kier molecular flexibility index (Phi) is 6.27. The fourth-order valence-electron chi connectivity index (χ4n) is 3.42. The van der Waals surface area contributed by atoms with Gasteiger partial charge in [0.05, 0.1) is 12.5 Å². The van der Waals surface area contributed by atoms with Crippen molar-refractivity contribution in [3.8, 4) is 11.4 Å². The smallest absolute Gasteiger partial charge is 0.241 e. The molecule has 0 bridgehead atoms. The van der Waals surface area contributed by atoms with Crippen LogP contribution in [0.5, 0.6) is 0 Å². The van der Waals surface area contributed by atoms with Crippen molar-refractivity contribution in [3.63, 3.8) is 0 Å². The Morgan fingerprint density at radius 1 is 1.31 bits per heavy atom. The number of carbonyl (C=O) groups is 1. The van der Waals surface area contributed by atoms with Gasteiger partial charge in [0, 0.05) is 30.2 Å². The van der Waals surface area contributed by atoms with Gasteiger partial charge >= 0.3 is 0 Å². The Labute approximate surface area is 159 Å². The van der Waals surface area contributed by atoms with E-state index < -0.39 is 0 Å². The predicted molar refractivity (Wildman–Crippen MR) is 101 cm³/mol. The number of hydrogen-bond donors (Lipinski definition) is 0. The van der Waals surface area contributed by atoms with Gasteiger partial charge in [0.25, 0.3) is 0 Å². The van der Waals surface area contributed by atoms with Crippen LogP contribution in [-0.4, -0.2) is 52.0 Å². The Morgan fingerprint density at radius 3 is 2.73 bits per heavy atom. The van der Waals surface area contributed by atoms with Crippen LogP contribution >= 0.6 is 11.6 Å². The molecule has 1 saturated heterocycles. The summed E-state index contributed by atoms with van der Waals surface area (Å²) in [6.45, 7) is 7.84. The number of benzene rings is 1. The highest BCUT2D eigenvalue weighted by Crippen LogP contribution is 2.22. The summed E-state index contributed by atoms with van der Waals surface area (Å²) in [5.41, 5.74) is 0.873. The van der Waals surface area contributed by atoms with E-state index in [1.807, 2.05) is 30.9 Å². The molecule has 1 atom stereocenters. The van der Waals surface area contributed by atoms with Gasteiger partial charge in [0.2, 0.25) is 17.6 Å². The SMILES string of the molecule is CCN(CC)C(=O)C1CCCN(Cc2nc(-c3ccc(Cl)cc3)no2)C1. The van der Waals surface area contributed by atoms with Crippen LogP contribution in [0.3, 0.4) is 0 Å². The Balaban J connectivity index is 1.62. The summed E-state index contributed by atoms with van der Waals surface area (Å²) < 4.78 is 5.41. The molecular weight excluding hydrogens is 352 g/mol. The maximum absolute atomic E-state index is 12.6. The summed E-state index contributed by atoms with van der Waals surface area (Å²) in [6.07, 6.45) is 1.96. The zero-order chi connectivity index (χ0) is 18.5. The second kappa shape index (κ2) is 8.64. The van der Waals surface area contributed by atoms with Crippen molar-refractivity contribution in [3.05, 3.63) is 35.2 Å². The summed E-state index contributed by atoms with van der Waals surface area (Å²) in [7, 11) is 0. The van der Waals surface area contributed by atoms with Gasteiger partial charge in [-0.05, 0) is 57.5 Å². The zero-order valence-electron chi connectivity index (χ0n) is 15.3. The van der Waals surface area contributed by atoms with Gasteiger partial charge in [-0.3, -0.25) is 9.69 Å². The van der Waals surface area contributed by atoms with E-state index in [9.17, 15) is 4.79 Å². The van der Waals surface area contributed by atoms with Crippen molar-refractivity contribution in [2.24, 2.45) is 5.92 Å². The summed E-state index contributed by atoms with van der Waals surface area (Å²) in [4.78, 5) is 21.2. The molecule has 1 aliphatic heterocycles. The predicted octanol–water partition coefficient (Wildman–Crippen LogP) is 3.47. The average Bonchev–Trinajstić information content (AvgIpc) is 3.12. The third-order valence-electron chi connectivity index (χ3n) is 4.86. The molecule has 2 aromatic rings. The monoisotopic (exact) mass is 376 g/mol. The van der Waals surface area contributed by atoms with Gasteiger partial charge in [-0.2, -0.15) is 4.98 Å². The number of likely N-dealkylation sites (tertiary alicyclic amines) is 1. The molecule has 0 aliphatic carbocycles. The quantitative estimate of drug-likeness (QED) is 0.772. The van der Waals surface area contributed by atoms with Gasteiger partial charge < -0.3 is 9.42 Å². The average molecular weight is 377 g/mol. The minimum Gasteiger partial charge on any atom is -0.343 e. The van der Waals surface area contributed by atoms with E-state index >= 15 is 0 Å². The van der Waals surface area contributed by atoms with Crippen molar-refractivity contribution >= 4 is 17.5 Å². The first-order valence-electron chi connectivity index (χ1n) is 9.20. The number of hydrogen-bond acceptors (Lipinski definition) is 5. The number of aromatic nitrogens is 2. The molecule has 26 heavy (non-hydrogen) atoms. The molecule has 1 amide bonds. The highest BCUT2D eigenvalue weighted by atomic mass is 35.5. The summed E-state index contributed by atoms with van der Waals surface area (Å²) in [5, 5.41) is 4.74. The Bertz CT molecular complexity index is 727. The second-order valence-electron chi connectivity index (χ2n) is 6.60. The van der Waals surface area contributed by atoms with E-state index in [4.69, 9.17) is 16.1 Å². The van der Waals surface area contributed by atoms with E-state index in [-0.39, 0.29) is 11.8 Å². The van der Waals surface area contributed by atoms with Gasteiger partial charge in [-0.1, -0.05) is 16.8 Å². The minimum absolute atomic E-state index is 0.0577. The number of piperidine rings is 1. The van der Waals surface area contributed by atoms with Crippen LogP contribution in [0.2, 0.25) is 5.02 Å².